The fourth-order valence-electron chi connectivity index (χ4n) is 3.12. The highest BCUT2D eigenvalue weighted by Crippen LogP contribution is 2.34. The van der Waals surface area contributed by atoms with Crippen LogP contribution in [0.25, 0.3) is 0 Å². The quantitative estimate of drug-likeness (QED) is 0.776. The van der Waals surface area contributed by atoms with E-state index in [0.717, 1.165) is 41.5 Å². The van der Waals surface area contributed by atoms with E-state index in [1.54, 1.807) is 6.20 Å². The normalized spacial score (nSPS) is 15.7. The summed E-state index contributed by atoms with van der Waals surface area (Å²) < 4.78 is 7.82. The summed E-state index contributed by atoms with van der Waals surface area (Å²) in [5.74, 6) is 1.67. The number of benzene rings is 1. The molecule has 0 amide bonds. The first-order valence-corrected chi connectivity index (χ1v) is 8.55. The lowest BCUT2D eigenvalue weighted by Gasteiger charge is -2.11. The Morgan fingerprint density at radius 2 is 2.16 bits per heavy atom. The summed E-state index contributed by atoms with van der Waals surface area (Å²) in [4.78, 5) is 9.11. The minimum atomic E-state index is -0.109. The van der Waals surface area contributed by atoms with Gasteiger partial charge in [0.25, 0.3) is 0 Å². The van der Waals surface area contributed by atoms with Gasteiger partial charge in [-0.3, -0.25) is 4.68 Å². The molecular weight excluding hydrogens is 314 g/mol. The van der Waals surface area contributed by atoms with E-state index in [1.165, 1.54) is 5.56 Å². The van der Waals surface area contributed by atoms with Crippen molar-refractivity contribution >= 4 is 5.69 Å². The van der Waals surface area contributed by atoms with E-state index in [0.29, 0.717) is 6.54 Å². The van der Waals surface area contributed by atoms with Crippen LogP contribution in [0.2, 0.25) is 0 Å². The molecule has 3 aromatic rings. The molecule has 0 bridgehead atoms. The molecule has 1 aliphatic heterocycles. The van der Waals surface area contributed by atoms with Crippen LogP contribution in [0.4, 0.5) is 5.69 Å². The maximum atomic E-state index is 5.99. The summed E-state index contributed by atoms with van der Waals surface area (Å²) in [5.41, 5.74) is 4.26. The second-order valence-corrected chi connectivity index (χ2v) is 6.19. The van der Waals surface area contributed by atoms with E-state index in [2.05, 4.69) is 33.4 Å². The first kappa shape index (κ1) is 15.6. The number of para-hydroxylation sites is 1. The van der Waals surface area contributed by atoms with Crippen molar-refractivity contribution in [2.75, 3.05) is 5.32 Å². The maximum absolute atomic E-state index is 5.99. The average molecular weight is 335 g/mol. The van der Waals surface area contributed by atoms with Gasteiger partial charge in [0.1, 0.15) is 5.75 Å². The molecule has 1 aromatic carbocycles. The Labute approximate surface area is 146 Å². The van der Waals surface area contributed by atoms with Gasteiger partial charge in [-0.25, -0.2) is 9.97 Å². The van der Waals surface area contributed by atoms with Crippen molar-refractivity contribution in [2.24, 2.45) is 7.05 Å². The molecule has 6 heteroatoms. The number of aryl methyl sites for hydroxylation is 2. The molecule has 0 fully saturated rings. The van der Waals surface area contributed by atoms with Crippen LogP contribution in [0.1, 0.15) is 35.8 Å². The van der Waals surface area contributed by atoms with Crippen molar-refractivity contribution in [3.63, 3.8) is 0 Å². The van der Waals surface area contributed by atoms with E-state index >= 15 is 0 Å². The van der Waals surface area contributed by atoms with Crippen molar-refractivity contribution in [1.29, 1.82) is 0 Å². The topological polar surface area (TPSA) is 64.9 Å². The molecule has 25 heavy (non-hydrogen) atoms. The second kappa shape index (κ2) is 6.55. The summed E-state index contributed by atoms with van der Waals surface area (Å²) in [7, 11) is 1.93. The molecule has 1 atom stereocenters. The van der Waals surface area contributed by atoms with Crippen molar-refractivity contribution in [1.82, 2.24) is 19.7 Å². The number of anilines is 1. The Kier molecular flexibility index (Phi) is 4.09. The molecule has 1 unspecified atom stereocenters. The predicted molar refractivity (Wildman–Crippen MR) is 95.5 cm³/mol. The number of rotatable bonds is 5. The lowest BCUT2D eigenvalue weighted by atomic mass is 10.1. The van der Waals surface area contributed by atoms with Crippen molar-refractivity contribution < 1.29 is 4.74 Å². The summed E-state index contributed by atoms with van der Waals surface area (Å²) >= 11 is 0. The van der Waals surface area contributed by atoms with Gasteiger partial charge in [0.15, 0.2) is 11.9 Å². The van der Waals surface area contributed by atoms with Crippen LogP contribution in [0.3, 0.4) is 0 Å². The lowest BCUT2D eigenvalue weighted by Crippen LogP contribution is -2.11. The average Bonchev–Trinajstić information content (AvgIpc) is 3.23. The first-order valence-electron chi connectivity index (χ1n) is 8.55. The molecule has 4 rings (SSSR count). The zero-order valence-electron chi connectivity index (χ0n) is 14.4. The number of fused-ring (bicyclic) bond motifs is 1. The Morgan fingerprint density at radius 3 is 3.00 bits per heavy atom. The molecule has 6 nitrogen and oxygen atoms in total. The van der Waals surface area contributed by atoms with E-state index < -0.39 is 0 Å². The zero-order valence-corrected chi connectivity index (χ0v) is 14.4. The largest absolute Gasteiger partial charge is 0.482 e. The smallest absolute Gasteiger partial charge is 0.169 e. The van der Waals surface area contributed by atoms with Gasteiger partial charge in [-0.2, -0.15) is 5.10 Å². The third-order valence-electron chi connectivity index (χ3n) is 4.37. The fraction of sp³-hybridized carbons (Fsp3) is 0.316. The first-order chi connectivity index (χ1) is 12.2. The monoisotopic (exact) mass is 335 g/mol. The molecule has 128 valence electrons. The third-order valence-corrected chi connectivity index (χ3v) is 4.37. The fourth-order valence-corrected chi connectivity index (χ4v) is 3.12. The maximum Gasteiger partial charge on any atom is 0.169 e. The molecule has 0 aliphatic carbocycles. The number of ether oxygens (including phenoxy) is 1. The van der Waals surface area contributed by atoms with Gasteiger partial charge in [-0.1, -0.05) is 25.1 Å². The second-order valence-electron chi connectivity index (χ2n) is 6.19. The van der Waals surface area contributed by atoms with Gasteiger partial charge in [0, 0.05) is 25.9 Å². The molecule has 1 N–H and O–H groups in total. The molecule has 0 saturated heterocycles. The van der Waals surface area contributed by atoms with E-state index in [9.17, 15) is 0 Å². The van der Waals surface area contributed by atoms with Gasteiger partial charge < -0.3 is 10.1 Å². The molecule has 3 heterocycles. The minimum Gasteiger partial charge on any atom is -0.482 e. The van der Waals surface area contributed by atoms with Gasteiger partial charge in [-0.15, -0.1) is 0 Å². The Balaban J connectivity index is 1.47. The molecule has 0 saturated carbocycles. The molecular formula is C19H21N5O. The van der Waals surface area contributed by atoms with Crippen LogP contribution < -0.4 is 10.1 Å². The van der Waals surface area contributed by atoms with E-state index in [-0.39, 0.29) is 6.10 Å². The van der Waals surface area contributed by atoms with Crippen molar-refractivity contribution in [2.45, 2.75) is 32.4 Å². The Hall–Kier alpha value is -2.89. The highest BCUT2D eigenvalue weighted by molar-refractivity contribution is 5.46. The van der Waals surface area contributed by atoms with Crippen molar-refractivity contribution in [3.05, 3.63) is 65.5 Å². The Bertz CT molecular complexity index is 864. The van der Waals surface area contributed by atoms with E-state index in [4.69, 9.17) is 4.74 Å². The van der Waals surface area contributed by atoms with Gasteiger partial charge in [0.2, 0.25) is 0 Å². The standard InChI is InChI=1S/C19H21N5O/c1-3-15-16(12-24(2)23-15)21-11-14-8-9-20-19(22-14)18-10-13-6-4-5-7-17(13)25-18/h4-9,12,18,21H,3,10-11H2,1-2H3. The lowest BCUT2D eigenvalue weighted by molar-refractivity contribution is 0.227. The van der Waals surface area contributed by atoms with Crippen LogP contribution in [0.5, 0.6) is 5.75 Å². The van der Waals surface area contributed by atoms with Gasteiger partial charge in [-0.05, 0) is 24.1 Å². The molecule has 0 radical (unpaired) electrons. The molecule has 2 aromatic heterocycles. The number of hydrogen-bond acceptors (Lipinski definition) is 5. The van der Waals surface area contributed by atoms with Crippen LogP contribution >= 0.6 is 0 Å². The van der Waals surface area contributed by atoms with Gasteiger partial charge in [0.05, 0.1) is 23.6 Å². The summed E-state index contributed by atoms with van der Waals surface area (Å²) in [5, 5.41) is 7.87. The molecule has 1 aliphatic rings. The van der Waals surface area contributed by atoms with Crippen LogP contribution in [0, 0.1) is 0 Å². The third kappa shape index (κ3) is 3.20. The zero-order chi connectivity index (χ0) is 17.2. The number of nitrogens with one attached hydrogen (secondary N) is 1. The summed E-state index contributed by atoms with van der Waals surface area (Å²) in [6, 6.07) is 10.0. The number of nitrogens with zero attached hydrogens (tertiary/aromatic N) is 4. The van der Waals surface area contributed by atoms with Crippen LogP contribution in [0.15, 0.2) is 42.7 Å². The van der Waals surface area contributed by atoms with Crippen LogP contribution in [-0.2, 0) is 26.4 Å². The SMILES string of the molecule is CCc1nn(C)cc1NCc1ccnc(C2Cc3ccccc3O2)n1. The minimum absolute atomic E-state index is 0.109. The highest BCUT2D eigenvalue weighted by Gasteiger charge is 2.26. The predicted octanol–water partition coefficient (Wildman–Crippen LogP) is 3.06. The highest BCUT2D eigenvalue weighted by atomic mass is 16.5. The van der Waals surface area contributed by atoms with Gasteiger partial charge >= 0.3 is 0 Å². The van der Waals surface area contributed by atoms with Crippen LogP contribution in [-0.4, -0.2) is 19.7 Å². The molecule has 0 spiro atoms. The summed E-state index contributed by atoms with van der Waals surface area (Å²) in [6.45, 7) is 2.74. The number of hydrogen-bond donors (Lipinski definition) is 1. The van der Waals surface area contributed by atoms with Crippen molar-refractivity contribution in [3.8, 4) is 5.75 Å². The van der Waals surface area contributed by atoms with E-state index in [1.807, 2.05) is 42.2 Å². The number of aromatic nitrogens is 4. The summed E-state index contributed by atoms with van der Waals surface area (Å²) in [6.07, 6.45) is 5.40. The Morgan fingerprint density at radius 1 is 1.28 bits per heavy atom.